The molecule has 1 unspecified atom stereocenters. The number of H-pyrrole nitrogens is 2. The normalized spacial score (nSPS) is 24.2. The number of allylic oxidation sites excluding steroid dienone is 1. The number of aryl methyl sites for hydroxylation is 3. The first-order chi connectivity index (χ1) is 37.3. The third-order valence-corrected chi connectivity index (χ3v) is 20.4. The topological polar surface area (TPSA) is 312 Å². The number of phosphoric acid groups is 1. The van der Waals surface area contributed by atoms with Crippen LogP contribution in [0.5, 0.6) is 0 Å². The Balaban J connectivity index is 1.14. The minimum atomic E-state index is -4.81. The number of esters is 1. The average Bonchev–Trinajstić information content (AvgIpc) is 4.25. The highest BCUT2D eigenvalue weighted by Gasteiger charge is 2.46. The summed E-state index contributed by atoms with van der Waals surface area (Å²) in [5.41, 5.74) is -2.60. The molecule has 4 aromatic rings. The molecule has 3 saturated heterocycles. The second-order valence-electron chi connectivity index (χ2n) is 21.3. The predicted octanol–water partition coefficient (Wildman–Crippen LogP) is 4.60. The molecule has 7 rings (SSSR count). The smallest absolute Gasteiger partial charge is 0.460 e. The minimum Gasteiger partial charge on any atom is -0.460 e. The van der Waals surface area contributed by atoms with E-state index in [1.54, 1.807) is 6.92 Å². The number of carbonyl (C=O) groups excluding carboxylic acids is 2. The van der Waals surface area contributed by atoms with E-state index < -0.39 is 130 Å². The van der Waals surface area contributed by atoms with Crippen LogP contribution in [0.4, 0.5) is 0 Å². The van der Waals surface area contributed by atoms with Gasteiger partial charge in [-0.05, 0) is 69.0 Å². The second-order valence-corrected chi connectivity index (χ2v) is 27.7. The molecule has 3 aliphatic heterocycles. The van der Waals surface area contributed by atoms with Crippen LogP contribution in [-0.4, -0.2) is 98.6 Å². The molecule has 0 amide bonds. The van der Waals surface area contributed by atoms with Crippen LogP contribution in [-0.2, 0) is 69.2 Å². The molecule has 0 bridgehead atoms. The highest BCUT2D eigenvalue weighted by Crippen LogP contribution is 2.54. The van der Waals surface area contributed by atoms with Gasteiger partial charge in [-0.2, -0.15) is 5.26 Å². The fourth-order valence-electron chi connectivity index (χ4n) is 8.99. The fraction of sp³-hybridized carbons (Fsp3) is 0.558. The number of phosphoric ester groups is 1. The molecule has 3 aromatic heterocycles. The summed E-state index contributed by atoms with van der Waals surface area (Å²) in [7, 11) is -7.19. The van der Waals surface area contributed by atoms with Crippen LogP contribution < -0.4 is 33.7 Å². The SMILES string of the molecule is CC(=O)O[C@H]1C[C@H](n2cc(C)c(=O)[nH]c2=O)O[C@@H]1COP(=O)(OCCC#N)O[C@H]1C[C@H](n2cc(C)c(=O)[nH]c2=O)O[C@@H]1/C=C/C(=O)C[C@H]1C[C@H](n2cc(C)c(=O)n(COCc3ccccc3)c2=O)O[C@@H]1CO[Si](C)(C)C(C)(C)C. The van der Waals surface area contributed by atoms with Gasteiger partial charge in [0.1, 0.15) is 49.8 Å². The number of ketones is 1. The van der Waals surface area contributed by atoms with E-state index in [0.717, 1.165) is 26.2 Å². The van der Waals surface area contributed by atoms with E-state index in [2.05, 4.69) is 43.8 Å². The van der Waals surface area contributed by atoms with E-state index in [4.69, 9.17) is 41.7 Å². The van der Waals surface area contributed by atoms with E-state index in [-0.39, 0.29) is 73.8 Å². The van der Waals surface area contributed by atoms with Gasteiger partial charge in [-0.15, -0.1) is 0 Å². The van der Waals surface area contributed by atoms with Crippen LogP contribution in [0.25, 0.3) is 0 Å². The quantitative estimate of drug-likeness (QED) is 0.0337. The van der Waals surface area contributed by atoms with Gasteiger partial charge in [-0.25, -0.2) is 23.5 Å². The van der Waals surface area contributed by atoms with Crippen LogP contribution in [0.2, 0.25) is 18.1 Å². The van der Waals surface area contributed by atoms with E-state index in [1.807, 2.05) is 36.4 Å². The average molecular weight is 1140 g/mol. The summed E-state index contributed by atoms with van der Waals surface area (Å²) in [4.78, 5) is 109. The Morgan fingerprint density at radius 1 is 0.810 bits per heavy atom. The van der Waals surface area contributed by atoms with Gasteiger partial charge >= 0.3 is 30.9 Å². The zero-order valence-corrected chi connectivity index (χ0v) is 47.5. The Morgan fingerprint density at radius 3 is 2.03 bits per heavy atom. The van der Waals surface area contributed by atoms with Crippen LogP contribution in [0, 0.1) is 38.0 Å². The maximum Gasteiger partial charge on any atom is 0.475 e. The van der Waals surface area contributed by atoms with Crippen molar-refractivity contribution >= 4 is 27.9 Å². The Kier molecular flexibility index (Phi) is 19.5. The number of aromatic amines is 2. The molecule has 0 aliphatic carbocycles. The molecule has 1 aromatic carbocycles. The molecule has 3 fully saturated rings. The lowest BCUT2D eigenvalue weighted by molar-refractivity contribution is -0.150. The standard InChI is InChI=1S/C52H68N7O18PSi/c1-31-24-56(49(65)54-46(31)62)44-22-39(73-34(4)60)42(76-44)28-71-78(68,70-19-13-18-53)77-40-23-45(57-25-32(2)47(63)55-50(57)66)74-38(40)17-16-37(61)20-36-21-43(75-41(36)29-72-79(8,9)52(5,6)7)58-26-33(3)48(64)59(51(58)67)30-69-27-35-14-11-10-12-15-35/h10-12,14-17,24-26,36,38-45H,13,19-23,27-30H2,1-9H3,(H,54,62,65)(H,55,63,66)/b17-16+/t36-,38+,39-,40-,41+,42+,43+,44+,45+,78?/m0/s1. The van der Waals surface area contributed by atoms with Crippen LogP contribution >= 0.6 is 7.82 Å². The number of aromatic nitrogens is 6. The predicted molar refractivity (Wildman–Crippen MR) is 284 cm³/mol. The number of hydrogen-bond acceptors (Lipinski definition) is 19. The molecular weight excluding hydrogens is 1070 g/mol. The summed E-state index contributed by atoms with van der Waals surface area (Å²) < 4.78 is 73.7. The molecule has 0 saturated carbocycles. The first-order valence-electron chi connectivity index (χ1n) is 25.8. The largest absolute Gasteiger partial charge is 0.475 e. The number of nitrogens with zero attached hydrogens (tertiary/aromatic N) is 5. The number of nitrogens with one attached hydrogen (secondary N) is 2. The maximum atomic E-state index is 14.7. The van der Waals surface area contributed by atoms with Crippen molar-refractivity contribution in [1.29, 1.82) is 5.26 Å². The summed E-state index contributed by atoms with van der Waals surface area (Å²) in [6.07, 6.45) is -2.59. The molecule has 10 atom stereocenters. The zero-order valence-electron chi connectivity index (χ0n) is 45.6. The summed E-state index contributed by atoms with van der Waals surface area (Å²) >= 11 is 0. The molecule has 3 aliphatic rings. The Bertz CT molecular complexity index is 3350. The van der Waals surface area contributed by atoms with E-state index in [9.17, 15) is 48.2 Å². The van der Waals surface area contributed by atoms with Gasteiger partial charge in [-0.1, -0.05) is 51.1 Å². The van der Waals surface area contributed by atoms with Crippen LogP contribution in [0.3, 0.4) is 0 Å². The number of rotatable bonds is 23. The number of nitriles is 1. The zero-order chi connectivity index (χ0) is 57.6. The van der Waals surface area contributed by atoms with Crippen molar-refractivity contribution in [3.8, 4) is 6.07 Å². The third kappa shape index (κ3) is 15.0. The number of hydrogen-bond donors (Lipinski definition) is 2. The van der Waals surface area contributed by atoms with Gasteiger partial charge in [0.15, 0.2) is 14.1 Å². The fourth-order valence-corrected chi connectivity index (χ4v) is 11.4. The van der Waals surface area contributed by atoms with E-state index in [0.29, 0.717) is 0 Å². The molecular formula is C52H68N7O18PSi. The monoisotopic (exact) mass is 1140 g/mol. The lowest BCUT2D eigenvalue weighted by Gasteiger charge is -2.37. The first kappa shape index (κ1) is 60.4. The third-order valence-electron chi connectivity index (χ3n) is 14.4. The molecule has 0 radical (unpaired) electrons. The number of ether oxygens (including phenoxy) is 5. The molecule has 428 valence electrons. The summed E-state index contributed by atoms with van der Waals surface area (Å²) in [6, 6.07) is 11.2. The first-order valence-corrected chi connectivity index (χ1v) is 30.1. The molecule has 6 heterocycles. The molecule has 2 N–H and O–H groups in total. The second kappa shape index (κ2) is 25.5. The summed E-state index contributed by atoms with van der Waals surface area (Å²) in [5.74, 6) is -1.66. The maximum absolute atomic E-state index is 14.7. The van der Waals surface area contributed by atoms with E-state index in [1.165, 1.54) is 49.2 Å². The van der Waals surface area contributed by atoms with Crippen molar-refractivity contribution in [3.63, 3.8) is 0 Å². The summed E-state index contributed by atoms with van der Waals surface area (Å²) in [6.45, 7) is 15.0. The van der Waals surface area contributed by atoms with Crippen molar-refractivity contribution in [2.24, 2.45) is 5.92 Å². The highest BCUT2D eigenvalue weighted by atomic mass is 31.2. The lowest BCUT2D eigenvalue weighted by Crippen LogP contribution is -2.44. The highest BCUT2D eigenvalue weighted by molar-refractivity contribution is 7.48. The molecule has 0 spiro atoms. The van der Waals surface area contributed by atoms with Crippen LogP contribution in [0.1, 0.15) is 101 Å². The van der Waals surface area contributed by atoms with Gasteiger partial charge in [-0.3, -0.25) is 61.2 Å². The molecule has 25 nitrogen and oxygen atoms in total. The van der Waals surface area contributed by atoms with Gasteiger partial charge in [0.05, 0.1) is 45.0 Å². The van der Waals surface area contributed by atoms with Crippen molar-refractivity contribution in [3.05, 3.63) is 146 Å². The van der Waals surface area contributed by atoms with Crippen molar-refractivity contribution in [1.82, 2.24) is 28.2 Å². The summed E-state index contributed by atoms with van der Waals surface area (Å²) in [5, 5.41) is 9.19. The Hall–Kier alpha value is -6.24. The van der Waals surface area contributed by atoms with Gasteiger partial charge < -0.3 is 28.1 Å². The van der Waals surface area contributed by atoms with Crippen molar-refractivity contribution < 1.29 is 55.8 Å². The van der Waals surface area contributed by atoms with Gasteiger partial charge in [0.2, 0.25) is 0 Å². The van der Waals surface area contributed by atoms with E-state index >= 15 is 0 Å². The van der Waals surface area contributed by atoms with Crippen molar-refractivity contribution in [2.45, 2.75) is 161 Å². The van der Waals surface area contributed by atoms with Crippen molar-refractivity contribution in [2.75, 3.05) is 19.8 Å². The minimum absolute atomic E-state index is 0.0818. The lowest BCUT2D eigenvalue weighted by atomic mass is 9.94. The molecule has 79 heavy (non-hydrogen) atoms. The Morgan fingerprint density at radius 2 is 1.41 bits per heavy atom. The van der Waals surface area contributed by atoms with Gasteiger partial charge in [0.25, 0.3) is 16.7 Å². The van der Waals surface area contributed by atoms with Gasteiger partial charge in [0, 0.05) is 61.5 Å². The van der Waals surface area contributed by atoms with Crippen LogP contribution in [0.15, 0.2) is 89.8 Å². The molecule has 27 heteroatoms. The number of carbonyl (C=O) groups is 2. The Labute approximate surface area is 454 Å². The number of benzene rings is 1.